The van der Waals surface area contributed by atoms with Gasteiger partial charge in [0, 0.05) is 4.88 Å². The number of thioether (sulfide) groups is 1. The molecule has 0 unspecified atom stereocenters. The second kappa shape index (κ2) is 6.10. The van der Waals surface area contributed by atoms with Crippen molar-refractivity contribution < 1.29 is 4.79 Å². The minimum Gasteiger partial charge on any atom is -0.300 e. The van der Waals surface area contributed by atoms with Crippen LogP contribution in [0.15, 0.2) is 39.5 Å². The van der Waals surface area contributed by atoms with Gasteiger partial charge in [-0.15, -0.1) is 11.3 Å². The number of amides is 1. The van der Waals surface area contributed by atoms with Crippen molar-refractivity contribution in [3.8, 4) is 0 Å². The van der Waals surface area contributed by atoms with Crippen molar-refractivity contribution in [1.29, 1.82) is 0 Å². The Morgan fingerprint density at radius 3 is 2.45 bits per heavy atom. The highest BCUT2D eigenvalue weighted by Crippen LogP contribution is 2.31. The minimum absolute atomic E-state index is 0.0808. The summed E-state index contributed by atoms with van der Waals surface area (Å²) in [6.45, 7) is 6.10. The summed E-state index contributed by atoms with van der Waals surface area (Å²) in [5, 5.41) is 5.52. The van der Waals surface area contributed by atoms with E-state index in [0.29, 0.717) is 10.1 Å². The summed E-state index contributed by atoms with van der Waals surface area (Å²) >= 11 is 3.03. The molecule has 1 aliphatic heterocycles. The van der Waals surface area contributed by atoms with Crippen LogP contribution in [-0.2, 0) is 4.79 Å². The van der Waals surface area contributed by atoms with Gasteiger partial charge in [0.2, 0.25) is 0 Å². The van der Waals surface area contributed by atoms with Gasteiger partial charge in [-0.05, 0) is 66.7 Å². The molecule has 22 heavy (non-hydrogen) atoms. The number of nitrogens with one attached hydrogen (secondary N) is 1. The van der Waals surface area contributed by atoms with E-state index in [1.807, 2.05) is 50.4 Å². The van der Waals surface area contributed by atoms with E-state index in [0.717, 1.165) is 21.7 Å². The molecule has 1 fully saturated rings. The zero-order valence-corrected chi connectivity index (χ0v) is 14.3. The van der Waals surface area contributed by atoms with Crippen molar-refractivity contribution in [2.24, 2.45) is 4.99 Å². The first kappa shape index (κ1) is 15.1. The molecule has 3 rings (SSSR count). The van der Waals surface area contributed by atoms with Crippen molar-refractivity contribution in [2.75, 3.05) is 0 Å². The van der Waals surface area contributed by atoms with Gasteiger partial charge in [-0.25, -0.2) is 4.99 Å². The molecule has 5 heteroatoms. The molecule has 1 aliphatic rings. The smallest absolute Gasteiger partial charge is 0.264 e. The first-order chi connectivity index (χ1) is 10.5. The Bertz CT molecular complexity index is 782. The fourth-order valence-electron chi connectivity index (χ4n) is 2.22. The zero-order chi connectivity index (χ0) is 15.7. The van der Waals surface area contributed by atoms with Crippen LogP contribution in [0.3, 0.4) is 0 Å². The number of rotatable bonds is 2. The third-order valence-corrected chi connectivity index (χ3v) is 5.34. The molecule has 0 aliphatic carbocycles. The van der Waals surface area contributed by atoms with Crippen LogP contribution in [0, 0.1) is 20.8 Å². The molecule has 0 saturated carbocycles. The molecule has 1 saturated heterocycles. The fourth-order valence-corrected chi connectivity index (χ4v) is 3.96. The van der Waals surface area contributed by atoms with Gasteiger partial charge in [0.15, 0.2) is 5.17 Å². The Kier molecular flexibility index (Phi) is 4.18. The highest BCUT2D eigenvalue weighted by atomic mass is 32.2. The maximum absolute atomic E-state index is 12.1. The van der Waals surface area contributed by atoms with E-state index in [2.05, 4.69) is 16.4 Å². The third kappa shape index (κ3) is 3.00. The van der Waals surface area contributed by atoms with Crippen LogP contribution < -0.4 is 5.32 Å². The number of hydrogen-bond acceptors (Lipinski definition) is 4. The maximum atomic E-state index is 12.1. The molecule has 0 bridgehead atoms. The van der Waals surface area contributed by atoms with Crippen LogP contribution in [0.1, 0.15) is 21.6 Å². The van der Waals surface area contributed by atoms with E-state index in [9.17, 15) is 4.79 Å². The average Bonchev–Trinajstić information content (AvgIpc) is 3.02. The lowest BCUT2D eigenvalue weighted by Crippen LogP contribution is -2.19. The zero-order valence-electron chi connectivity index (χ0n) is 12.6. The van der Waals surface area contributed by atoms with Crippen molar-refractivity contribution in [1.82, 2.24) is 5.32 Å². The number of para-hydroxylation sites is 1. The molecule has 1 N–H and O–H groups in total. The van der Waals surface area contributed by atoms with Gasteiger partial charge in [0.05, 0.1) is 10.6 Å². The number of thiophene rings is 1. The lowest BCUT2D eigenvalue weighted by atomic mass is 10.1. The lowest BCUT2D eigenvalue weighted by molar-refractivity contribution is -0.115. The highest BCUT2D eigenvalue weighted by molar-refractivity contribution is 8.18. The normalized spacial score (nSPS) is 18.2. The second-order valence-corrected chi connectivity index (χ2v) is 7.17. The largest absolute Gasteiger partial charge is 0.300 e. The first-order valence-corrected chi connectivity index (χ1v) is 8.64. The number of carbonyl (C=O) groups excluding carboxylic acids is 1. The molecular weight excluding hydrogens is 312 g/mol. The van der Waals surface area contributed by atoms with E-state index in [-0.39, 0.29) is 5.91 Å². The molecule has 0 radical (unpaired) electrons. The van der Waals surface area contributed by atoms with E-state index in [1.54, 1.807) is 11.3 Å². The van der Waals surface area contributed by atoms with Crippen molar-refractivity contribution in [3.63, 3.8) is 0 Å². The summed E-state index contributed by atoms with van der Waals surface area (Å²) in [4.78, 5) is 18.5. The molecule has 3 nitrogen and oxygen atoms in total. The maximum Gasteiger partial charge on any atom is 0.264 e. The van der Waals surface area contributed by atoms with E-state index < -0.39 is 0 Å². The number of aliphatic imine (C=N–C) groups is 1. The third-order valence-electron chi connectivity index (χ3n) is 3.47. The number of carbonyl (C=O) groups is 1. The number of benzene rings is 1. The molecule has 0 atom stereocenters. The Morgan fingerprint density at radius 1 is 1.09 bits per heavy atom. The predicted molar refractivity (Wildman–Crippen MR) is 95.8 cm³/mol. The summed E-state index contributed by atoms with van der Waals surface area (Å²) in [6, 6.07) is 8.12. The Hall–Kier alpha value is -1.85. The molecule has 1 aromatic carbocycles. The molecule has 112 valence electrons. The van der Waals surface area contributed by atoms with Crippen LogP contribution in [0.2, 0.25) is 0 Å². The van der Waals surface area contributed by atoms with Crippen LogP contribution in [0.5, 0.6) is 0 Å². The Balaban J connectivity index is 1.90. The van der Waals surface area contributed by atoms with Crippen LogP contribution in [0.4, 0.5) is 5.69 Å². The monoisotopic (exact) mass is 328 g/mol. The van der Waals surface area contributed by atoms with Crippen LogP contribution >= 0.6 is 23.1 Å². The molecule has 2 heterocycles. The molecule has 2 aromatic rings. The first-order valence-electron chi connectivity index (χ1n) is 6.94. The number of nitrogens with zero attached hydrogens (tertiary/aromatic N) is 1. The summed E-state index contributed by atoms with van der Waals surface area (Å²) in [5.74, 6) is -0.0808. The standard InChI is InChI=1S/C17H16N2OS2/c1-10-7-8-21-13(10)9-14-16(20)19-17(22-14)18-15-11(2)5-4-6-12(15)3/h4-9H,1-3H3,(H,18,19,20)/b14-9-. The highest BCUT2D eigenvalue weighted by Gasteiger charge is 2.24. The molecular formula is C17H16N2OS2. The van der Waals surface area contributed by atoms with E-state index in [4.69, 9.17) is 0 Å². The SMILES string of the molecule is Cc1ccsc1/C=C1\SC(=Nc2c(C)cccc2C)NC1=O. The number of amidine groups is 1. The van der Waals surface area contributed by atoms with Gasteiger partial charge in [0.25, 0.3) is 5.91 Å². The Morgan fingerprint density at radius 2 is 1.82 bits per heavy atom. The topological polar surface area (TPSA) is 41.5 Å². The summed E-state index contributed by atoms with van der Waals surface area (Å²) in [5.41, 5.74) is 4.33. The summed E-state index contributed by atoms with van der Waals surface area (Å²) in [6.07, 6.45) is 1.94. The average molecular weight is 328 g/mol. The quantitative estimate of drug-likeness (QED) is 0.821. The van der Waals surface area contributed by atoms with Gasteiger partial charge in [-0.3, -0.25) is 4.79 Å². The van der Waals surface area contributed by atoms with Crippen LogP contribution in [-0.4, -0.2) is 11.1 Å². The molecule has 1 aromatic heterocycles. The van der Waals surface area contributed by atoms with Gasteiger partial charge in [-0.1, -0.05) is 18.2 Å². The molecule has 1 amide bonds. The molecule has 0 spiro atoms. The predicted octanol–water partition coefficient (Wildman–Crippen LogP) is 4.56. The lowest BCUT2D eigenvalue weighted by Gasteiger charge is -2.04. The Labute approximate surface area is 138 Å². The van der Waals surface area contributed by atoms with Gasteiger partial charge < -0.3 is 5.32 Å². The van der Waals surface area contributed by atoms with Crippen LogP contribution in [0.25, 0.3) is 6.08 Å². The van der Waals surface area contributed by atoms with Crippen molar-refractivity contribution >= 4 is 45.9 Å². The van der Waals surface area contributed by atoms with Gasteiger partial charge >= 0.3 is 0 Å². The minimum atomic E-state index is -0.0808. The summed E-state index contributed by atoms with van der Waals surface area (Å²) < 4.78 is 0. The van der Waals surface area contributed by atoms with Gasteiger partial charge in [-0.2, -0.15) is 0 Å². The van der Waals surface area contributed by atoms with Gasteiger partial charge in [0.1, 0.15) is 0 Å². The second-order valence-electron chi connectivity index (χ2n) is 5.19. The summed E-state index contributed by atoms with van der Waals surface area (Å²) in [7, 11) is 0. The van der Waals surface area contributed by atoms with Crippen molar-refractivity contribution in [3.05, 3.63) is 56.1 Å². The van der Waals surface area contributed by atoms with E-state index >= 15 is 0 Å². The fraction of sp³-hybridized carbons (Fsp3) is 0.176. The number of hydrogen-bond donors (Lipinski definition) is 1. The van der Waals surface area contributed by atoms with E-state index in [1.165, 1.54) is 17.3 Å². The number of aryl methyl sites for hydroxylation is 3. The van der Waals surface area contributed by atoms with Crippen molar-refractivity contribution in [2.45, 2.75) is 20.8 Å².